The van der Waals surface area contributed by atoms with E-state index in [-0.39, 0.29) is 17.5 Å². The van der Waals surface area contributed by atoms with Gasteiger partial charge in [0.1, 0.15) is 5.82 Å². The summed E-state index contributed by atoms with van der Waals surface area (Å²) in [7, 11) is -3.58. The molecule has 1 aromatic heterocycles. The molecule has 6 nitrogen and oxygen atoms in total. The van der Waals surface area contributed by atoms with Gasteiger partial charge in [0.15, 0.2) is 11.4 Å². The van der Waals surface area contributed by atoms with Gasteiger partial charge in [-0.1, -0.05) is 6.07 Å². The molecule has 0 aliphatic rings. The smallest absolute Gasteiger partial charge is 0.404 e. The molecule has 2 aromatic rings. The molecular formula is C14H14F4N2O4S. The van der Waals surface area contributed by atoms with E-state index in [2.05, 4.69) is 0 Å². The maximum atomic E-state index is 14.2. The van der Waals surface area contributed by atoms with Gasteiger partial charge < -0.3 is 9.30 Å². The molecule has 0 unspecified atom stereocenters. The summed E-state index contributed by atoms with van der Waals surface area (Å²) in [6.45, 7) is 1.44. The second kappa shape index (κ2) is 6.54. The van der Waals surface area contributed by atoms with Crippen LogP contribution in [0.5, 0.6) is 0 Å². The number of nitrogens with zero attached hydrogens (tertiary/aromatic N) is 1. The van der Waals surface area contributed by atoms with E-state index >= 15 is 0 Å². The standard InChI is InChI=1S/C14H14F4N2O4S/c1-3-24-13(21)12-11(19-25(22,23)7-14(16,17)18)10-8(15)5-4-6-9(10)20(12)2/h4-6,19H,3,7H2,1-2H3. The number of alkyl halides is 3. The van der Waals surface area contributed by atoms with E-state index in [1.807, 2.05) is 0 Å². The molecule has 0 spiro atoms. The number of nitrogens with one attached hydrogen (secondary N) is 1. The van der Waals surface area contributed by atoms with Gasteiger partial charge in [0, 0.05) is 7.05 Å². The molecule has 25 heavy (non-hydrogen) atoms. The number of esters is 1. The molecule has 11 heteroatoms. The predicted octanol–water partition coefficient (Wildman–Crippen LogP) is 2.80. The van der Waals surface area contributed by atoms with Gasteiger partial charge in [-0.3, -0.25) is 4.72 Å². The average Bonchev–Trinajstić information content (AvgIpc) is 2.70. The van der Waals surface area contributed by atoms with Crippen molar-refractivity contribution in [3.63, 3.8) is 0 Å². The summed E-state index contributed by atoms with van der Waals surface area (Å²) >= 11 is 0. The lowest BCUT2D eigenvalue weighted by atomic mass is 10.2. The third kappa shape index (κ3) is 4.03. The molecule has 0 saturated carbocycles. The van der Waals surface area contributed by atoms with Gasteiger partial charge in [-0.2, -0.15) is 13.2 Å². The third-order valence-corrected chi connectivity index (χ3v) is 4.48. The number of hydrogen-bond donors (Lipinski definition) is 1. The van der Waals surface area contributed by atoms with Crippen LogP contribution in [0.15, 0.2) is 18.2 Å². The Morgan fingerprint density at radius 1 is 1.32 bits per heavy atom. The number of fused-ring (bicyclic) bond motifs is 1. The fraction of sp³-hybridized carbons (Fsp3) is 0.357. The van der Waals surface area contributed by atoms with E-state index in [9.17, 15) is 30.8 Å². The molecule has 0 fully saturated rings. The molecule has 0 radical (unpaired) electrons. The van der Waals surface area contributed by atoms with Gasteiger partial charge in [-0.25, -0.2) is 17.6 Å². The van der Waals surface area contributed by atoms with Crippen molar-refractivity contribution in [2.75, 3.05) is 17.1 Å². The van der Waals surface area contributed by atoms with Gasteiger partial charge in [-0.15, -0.1) is 0 Å². The molecular weight excluding hydrogens is 368 g/mol. The lowest BCUT2D eigenvalue weighted by molar-refractivity contribution is -0.106. The molecule has 0 bridgehead atoms. The van der Waals surface area contributed by atoms with E-state index in [0.29, 0.717) is 0 Å². The molecule has 2 rings (SSSR count). The number of hydrogen-bond acceptors (Lipinski definition) is 4. The van der Waals surface area contributed by atoms with Gasteiger partial charge >= 0.3 is 12.1 Å². The van der Waals surface area contributed by atoms with Crippen LogP contribution in [-0.4, -0.2) is 37.5 Å². The number of aromatic nitrogens is 1. The van der Waals surface area contributed by atoms with Gasteiger partial charge in [0.25, 0.3) is 0 Å². The van der Waals surface area contributed by atoms with E-state index in [0.717, 1.165) is 10.6 Å². The first kappa shape index (κ1) is 19.0. The minimum absolute atomic E-state index is 0.0580. The van der Waals surface area contributed by atoms with Gasteiger partial charge in [-0.05, 0) is 19.1 Å². The second-order valence-corrected chi connectivity index (χ2v) is 6.84. The molecule has 0 atom stereocenters. The maximum Gasteiger partial charge on any atom is 0.404 e. The summed E-state index contributed by atoms with van der Waals surface area (Å²) in [5.74, 6) is -4.06. The van der Waals surface area contributed by atoms with Crippen molar-refractivity contribution < 1.29 is 35.5 Å². The van der Waals surface area contributed by atoms with Crippen LogP contribution in [0.3, 0.4) is 0 Å². The summed E-state index contributed by atoms with van der Waals surface area (Å²) in [5, 5.41) is -0.321. The Hall–Kier alpha value is -2.30. The number of rotatable bonds is 5. The summed E-state index contributed by atoms with van der Waals surface area (Å²) in [5.41, 5.74) is -0.862. The minimum atomic E-state index is -5.00. The average molecular weight is 382 g/mol. The number of halogens is 4. The van der Waals surface area contributed by atoms with Crippen LogP contribution in [0, 0.1) is 5.82 Å². The maximum absolute atomic E-state index is 14.2. The van der Waals surface area contributed by atoms with E-state index in [1.54, 1.807) is 4.72 Å². The molecule has 1 aromatic carbocycles. The Morgan fingerprint density at radius 3 is 2.52 bits per heavy atom. The van der Waals surface area contributed by atoms with Crippen LogP contribution >= 0.6 is 0 Å². The fourth-order valence-corrected chi connectivity index (χ4v) is 3.40. The molecule has 1 N–H and O–H groups in total. The topological polar surface area (TPSA) is 77.4 Å². The van der Waals surface area contributed by atoms with Crippen LogP contribution in [0.25, 0.3) is 10.9 Å². The first-order valence-corrected chi connectivity index (χ1v) is 8.63. The zero-order valence-corrected chi connectivity index (χ0v) is 14.0. The molecule has 138 valence electrons. The van der Waals surface area contributed by atoms with Crippen molar-refractivity contribution in [2.45, 2.75) is 13.1 Å². The normalized spacial score (nSPS) is 12.4. The number of aryl methyl sites for hydroxylation is 1. The Labute approximate surface area is 140 Å². The predicted molar refractivity (Wildman–Crippen MR) is 82.3 cm³/mol. The summed E-state index contributed by atoms with van der Waals surface area (Å²) in [6, 6.07) is 3.71. The van der Waals surface area contributed by atoms with E-state index in [1.165, 1.54) is 26.1 Å². The zero-order valence-electron chi connectivity index (χ0n) is 13.1. The van der Waals surface area contributed by atoms with E-state index < -0.39 is 45.1 Å². The van der Waals surface area contributed by atoms with Crippen molar-refractivity contribution in [3.05, 3.63) is 29.7 Å². The highest BCUT2D eigenvalue weighted by molar-refractivity contribution is 7.92. The highest BCUT2D eigenvalue weighted by Crippen LogP contribution is 2.34. The van der Waals surface area contributed by atoms with Crippen LogP contribution in [0.2, 0.25) is 0 Å². The minimum Gasteiger partial charge on any atom is -0.461 e. The van der Waals surface area contributed by atoms with Crippen molar-refractivity contribution >= 4 is 32.6 Å². The molecule has 1 heterocycles. The molecule has 0 saturated heterocycles. The Morgan fingerprint density at radius 2 is 1.96 bits per heavy atom. The molecule has 0 amide bonds. The quantitative estimate of drug-likeness (QED) is 0.637. The van der Waals surface area contributed by atoms with Crippen molar-refractivity contribution in [1.82, 2.24) is 4.57 Å². The number of anilines is 1. The number of sulfonamides is 1. The number of benzene rings is 1. The monoisotopic (exact) mass is 382 g/mol. The fourth-order valence-electron chi connectivity index (χ4n) is 2.39. The zero-order chi connectivity index (χ0) is 19.0. The van der Waals surface area contributed by atoms with Crippen LogP contribution in [0.4, 0.5) is 23.2 Å². The third-order valence-electron chi connectivity index (χ3n) is 3.26. The highest BCUT2D eigenvalue weighted by Gasteiger charge is 2.37. The highest BCUT2D eigenvalue weighted by atomic mass is 32.2. The van der Waals surface area contributed by atoms with Crippen LogP contribution in [0.1, 0.15) is 17.4 Å². The summed E-state index contributed by atoms with van der Waals surface area (Å²) < 4.78 is 82.7. The van der Waals surface area contributed by atoms with Gasteiger partial charge in [0.05, 0.1) is 23.2 Å². The lowest BCUT2D eigenvalue weighted by Gasteiger charge is -2.12. The Bertz CT molecular complexity index is 919. The summed E-state index contributed by atoms with van der Waals surface area (Å²) in [4.78, 5) is 12.1. The van der Waals surface area contributed by atoms with Crippen LogP contribution < -0.4 is 4.72 Å². The van der Waals surface area contributed by atoms with E-state index in [4.69, 9.17) is 4.74 Å². The number of carbonyl (C=O) groups is 1. The molecule has 0 aliphatic carbocycles. The lowest BCUT2D eigenvalue weighted by Crippen LogP contribution is -2.28. The first-order valence-electron chi connectivity index (χ1n) is 6.98. The van der Waals surface area contributed by atoms with Crippen LogP contribution in [-0.2, 0) is 21.8 Å². The SMILES string of the molecule is CCOC(=O)c1c(NS(=O)(=O)CC(F)(F)F)c2c(F)cccc2n1C. The van der Waals surface area contributed by atoms with Crippen molar-refractivity contribution in [2.24, 2.45) is 7.05 Å². The largest absolute Gasteiger partial charge is 0.461 e. The number of ether oxygens (including phenoxy) is 1. The summed E-state index contributed by atoms with van der Waals surface area (Å²) in [6.07, 6.45) is -5.00. The van der Waals surface area contributed by atoms with Gasteiger partial charge in [0.2, 0.25) is 10.0 Å². The number of carbonyl (C=O) groups excluding carboxylic acids is 1. The Kier molecular flexibility index (Phi) is 4.98. The Balaban J connectivity index is 2.68. The first-order chi connectivity index (χ1) is 11.5. The van der Waals surface area contributed by atoms with Crippen molar-refractivity contribution in [1.29, 1.82) is 0 Å². The molecule has 0 aliphatic heterocycles. The van der Waals surface area contributed by atoms with Crippen molar-refractivity contribution in [3.8, 4) is 0 Å². The second-order valence-electron chi connectivity index (χ2n) is 5.11.